The monoisotopic (exact) mass is 1090 g/mol. The lowest BCUT2D eigenvalue weighted by atomic mass is 9.82. The van der Waals surface area contributed by atoms with Crippen molar-refractivity contribution < 1.29 is 62.7 Å². The van der Waals surface area contributed by atoms with Crippen LogP contribution in [0.15, 0.2) is 84.6 Å². The van der Waals surface area contributed by atoms with Crippen LogP contribution in [0.3, 0.4) is 0 Å². The maximum absolute atomic E-state index is 13.2. The van der Waals surface area contributed by atoms with E-state index in [2.05, 4.69) is 75.1 Å². The first-order valence-corrected chi connectivity index (χ1v) is 29.3. The molecule has 2 aliphatic heterocycles. The Morgan fingerprint density at radius 3 is 1.63 bits per heavy atom. The summed E-state index contributed by atoms with van der Waals surface area (Å²) in [5.74, 6) is -4.62. The quantitative estimate of drug-likeness (QED) is 0.0279. The summed E-state index contributed by atoms with van der Waals surface area (Å²) in [6.45, 7) is 10.7. The maximum Gasteiger partial charge on any atom is 0.269 e. The van der Waals surface area contributed by atoms with Gasteiger partial charge < -0.3 is 26.2 Å². The lowest BCUT2D eigenvalue weighted by Crippen LogP contribution is -2.32. The minimum absolute atomic E-state index is 0.0812. The fraction of sp³-hybridized carbons (Fsp3) is 0.392. The van der Waals surface area contributed by atoms with Gasteiger partial charge in [-0.2, -0.15) is 29.8 Å². The van der Waals surface area contributed by atoms with E-state index in [9.17, 15) is 49.0 Å². The highest BCUT2D eigenvalue weighted by Gasteiger charge is 2.40. The molecule has 0 fully saturated rings. The second-order valence-electron chi connectivity index (χ2n) is 18.5. The first-order valence-electron chi connectivity index (χ1n) is 24.4. The number of unbranched alkanes of at least 4 members (excludes halogenated alkanes) is 2. The zero-order valence-corrected chi connectivity index (χ0v) is 44.8. The van der Waals surface area contributed by atoms with Crippen molar-refractivity contribution in [2.75, 3.05) is 61.4 Å². The number of pyridine rings is 2. The smallest absolute Gasteiger partial charge is 0.269 e. The van der Waals surface area contributed by atoms with E-state index in [0.29, 0.717) is 36.2 Å². The minimum atomic E-state index is -4.43. The highest BCUT2D eigenvalue weighted by atomic mass is 32.2. The molecule has 75 heavy (non-hydrogen) atoms. The molecule has 2 aromatic carbocycles. The van der Waals surface area contributed by atoms with E-state index in [1.165, 1.54) is 12.1 Å². The number of nitrogens with zero attached hydrogens (tertiary/aromatic N) is 4. The van der Waals surface area contributed by atoms with Gasteiger partial charge in [-0.25, -0.2) is 9.97 Å². The van der Waals surface area contributed by atoms with Gasteiger partial charge in [-0.3, -0.25) is 32.8 Å². The summed E-state index contributed by atoms with van der Waals surface area (Å²) >= 11 is 0. The third-order valence-electron chi connectivity index (χ3n) is 12.5. The molecular weight excluding hydrogens is 1030 g/mol. The molecule has 0 bridgehead atoms. The third kappa shape index (κ3) is 15.2. The lowest BCUT2D eigenvalue weighted by molar-refractivity contribution is -0.436. The van der Waals surface area contributed by atoms with Crippen molar-refractivity contribution in [3.63, 3.8) is 0 Å². The van der Waals surface area contributed by atoms with Crippen LogP contribution in [0.2, 0.25) is 0 Å². The zero-order chi connectivity index (χ0) is 54.9. The summed E-state index contributed by atoms with van der Waals surface area (Å²) in [6, 6.07) is 17.5. The minimum Gasteiger partial charge on any atom is -0.351 e. The van der Waals surface area contributed by atoms with E-state index in [-0.39, 0.29) is 35.7 Å². The van der Waals surface area contributed by atoms with Crippen LogP contribution in [0, 0.1) is 0 Å². The molecule has 4 heterocycles. The predicted octanol–water partition coefficient (Wildman–Crippen LogP) is 4.89. The number of allylic oxidation sites excluding steroid dienone is 4. The maximum atomic E-state index is 13.2. The number of amides is 4. The van der Waals surface area contributed by atoms with Crippen molar-refractivity contribution in [1.29, 1.82) is 0 Å². The first-order chi connectivity index (χ1) is 35.3. The Balaban J connectivity index is 1.37. The van der Waals surface area contributed by atoms with Gasteiger partial charge in [-0.1, -0.05) is 45.8 Å². The van der Waals surface area contributed by atoms with Crippen LogP contribution < -0.4 is 26.2 Å². The van der Waals surface area contributed by atoms with Crippen molar-refractivity contribution in [2.24, 2.45) is 0 Å². The molecule has 0 aliphatic carbocycles. The topological polar surface area (TPSA) is 312 Å². The van der Waals surface area contributed by atoms with Gasteiger partial charge in [-0.05, 0) is 103 Å². The summed E-state index contributed by atoms with van der Waals surface area (Å²) < 4.78 is 98.9. The molecule has 0 unspecified atom stereocenters. The van der Waals surface area contributed by atoms with Gasteiger partial charge in [0.2, 0.25) is 5.69 Å². The molecule has 0 radical (unpaired) electrons. The van der Waals surface area contributed by atoms with Crippen molar-refractivity contribution >= 4 is 71.1 Å². The van der Waals surface area contributed by atoms with Crippen LogP contribution in [0.1, 0.15) is 113 Å². The van der Waals surface area contributed by atoms with Crippen molar-refractivity contribution in [2.45, 2.75) is 72.1 Å². The van der Waals surface area contributed by atoms with Gasteiger partial charge >= 0.3 is 0 Å². The second kappa shape index (κ2) is 24.3. The molecule has 2 aromatic heterocycles. The molecule has 0 saturated heterocycles. The number of nitrogens with one attached hydrogen (secondary N) is 4. The predicted molar refractivity (Wildman–Crippen MR) is 285 cm³/mol. The van der Waals surface area contributed by atoms with Crippen LogP contribution >= 0.6 is 0 Å². The van der Waals surface area contributed by atoms with Gasteiger partial charge in [0.05, 0.1) is 23.7 Å². The third-order valence-corrected chi connectivity index (χ3v) is 14.8. The Morgan fingerprint density at radius 2 is 1.13 bits per heavy atom. The molecule has 7 N–H and O–H groups in total. The largest absolute Gasteiger partial charge is 0.351 e. The highest BCUT2D eigenvalue weighted by molar-refractivity contribution is 7.86. The second-order valence-corrected chi connectivity index (χ2v) is 23.2. The number of fused-ring (bicyclic) bond motifs is 2. The van der Waals surface area contributed by atoms with E-state index in [0.717, 1.165) is 65.3 Å². The van der Waals surface area contributed by atoms with Crippen molar-refractivity contribution in [3.8, 4) is 22.3 Å². The zero-order valence-electron chi connectivity index (χ0n) is 42.3. The van der Waals surface area contributed by atoms with Crippen molar-refractivity contribution in [1.82, 2.24) is 31.2 Å². The number of rotatable bonds is 24. The number of carbonyl (C=O) groups excluding carboxylic acids is 4. The number of benzene rings is 2. The fourth-order valence-corrected chi connectivity index (χ4v) is 10.1. The van der Waals surface area contributed by atoms with E-state index in [4.69, 9.17) is 9.11 Å². The standard InChI is InChI=1S/C51H62N8O13S3/c1-6-9-10-21-59-45-18-16-34(36-31-40(47(60)52-7-2)56-41(32-36)48(61)53-8-3)28-39(45)51(4,5)46(59)14-11-13-38-27-37-26-33(15-17-44(37)58(38)22-12-23-73(64,65)66)35-29-42(49(62)54-19-24-74(67,68)69)57-43(30-35)50(63)55-20-25-75(70,71)72/h11,13-18,26,28-32H,6-10,12,19-25,27H2,1-5H3,(H6-,52,53,54,55,60,61,62,63,64,65,66,67,68,69,70,71,72)/p+1. The summed E-state index contributed by atoms with van der Waals surface area (Å²) in [5.41, 5.74) is 6.72. The Morgan fingerprint density at radius 1 is 0.640 bits per heavy atom. The summed E-state index contributed by atoms with van der Waals surface area (Å²) in [6.07, 6.45) is 9.29. The summed E-state index contributed by atoms with van der Waals surface area (Å²) in [7, 11) is -13.1. The van der Waals surface area contributed by atoms with Crippen LogP contribution in [0.5, 0.6) is 0 Å². The highest BCUT2D eigenvalue weighted by Crippen LogP contribution is 2.49. The average Bonchev–Trinajstić information content (AvgIpc) is 3.78. The van der Waals surface area contributed by atoms with Crippen LogP contribution in [0.25, 0.3) is 22.3 Å². The van der Waals surface area contributed by atoms with Crippen LogP contribution in [-0.2, 0) is 42.2 Å². The van der Waals surface area contributed by atoms with Crippen LogP contribution in [0.4, 0.5) is 11.4 Å². The number of anilines is 1. The number of carbonyl (C=O) groups is 4. The van der Waals surface area contributed by atoms with Gasteiger partial charge in [0, 0.05) is 73.6 Å². The van der Waals surface area contributed by atoms with E-state index < -0.39 is 89.7 Å². The number of hydrogen-bond acceptors (Lipinski definition) is 13. The molecular formula is C51H63N8O13S3+. The van der Waals surface area contributed by atoms with Gasteiger partial charge in [0.25, 0.3) is 54.0 Å². The average molecular weight is 1090 g/mol. The molecule has 4 amide bonds. The van der Waals surface area contributed by atoms with Crippen LogP contribution in [-0.4, -0.2) is 139 Å². The fourth-order valence-electron chi connectivity index (χ4n) is 8.93. The first kappa shape index (κ1) is 57.6. The normalized spacial score (nSPS) is 14.8. The molecule has 0 spiro atoms. The van der Waals surface area contributed by atoms with E-state index in [1.807, 2.05) is 28.9 Å². The molecule has 24 heteroatoms. The summed E-state index contributed by atoms with van der Waals surface area (Å²) in [4.78, 5) is 63.3. The molecule has 6 rings (SSSR count). The molecule has 4 aromatic rings. The van der Waals surface area contributed by atoms with E-state index in [1.54, 1.807) is 38.1 Å². The Labute approximate surface area is 437 Å². The molecule has 2 aliphatic rings. The Hall–Kier alpha value is -6.70. The number of aromatic nitrogens is 2. The number of hydrogen-bond donors (Lipinski definition) is 7. The molecule has 21 nitrogen and oxygen atoms in total. The molecule has 402 valence electrons. The Bertz CT molecular complexity index is 3210. The van der Waals surface area contributed by atoms with Gasteiger partial charge in [0.15, 0.2) is 5.71 Å². The van der Waals surface area contributed by atoms with Gasteiger partial charge in [-0.15, -0.1) is 0 Å². The summed E-state index contributed by atoms with van der Waals surface area (Å²) in [5, 5.41) is 10.2. The SMILES string of the molecule is CCCCCN1C(=CC=CC2=[N+](CCCS(=O)(=O)O)c3ccc(-c4cc(C(=O)NCCS(=O)(=O)O)nc(C(=O)NCCS(=O)(=O)O)c4)cc3C2)C(C)(C)c2cc(-c3cc(C(=O)NCC)nc(C(=O)NCC)c3)ccc21. The Kier molecular flexibility index (Phi) is 18.7. The van der Waals surface area contributed by atoms with E-state index >= 15 is 0 Å². The molecule has 0 saturated carbocycles. The molecule has 0 atom stereocenters. The van der Waals surface area contributed by atoms with Gasteiger partial charge in [0.1, 0.15) is 29.3 Å². The van der Waals surface area contributed by atoms with Crippen molar-refractivity contribution in [3.05, 3.63) is 118 Å². The lowest BCUT2D eigenvalue weighted by Gasteiger charge is -2.27.